The molecule has 0 spiro atoms. The van der Waals surface area contributed by atoms with E-state index in [1.807, 2.05) is 24.3 Å². The van der Waals surface area contributed by atoms with Crippen molar-refractivity contribution in [1.82, 2.24) is 0 Å². The van der Waals surface area contributed by atoms with Crippen LogP contribution in [0.25, 0.3) is 0 Å². The van der Waals surface area contributed by atoms with Crippen molar-refractivity contribution in [1.29, 1.82) is 0 Å². The van der Waals surface area contributed by atoms with Crippen LogP contribution >= 0.6 is 0 Å². The number of rotatable bonds is 8. The third kappa shape index (κ3) is 4.65. The van der Waals surface area contributed by atoms with Gasteiger partial charge in [0.2, 0.25) is 0 Å². The molecule has 1 fully saturated rings. The number of hydrogen-bond acceptors (Lipinski definition) is 4. The monoisotopic (exact) mass is 316 g/mol. The molecular formula is C17H20N2O4. The molecule has 2 N–H and O–H groups in total. The summed E-state index contributed by atoms with van der Waals surface area (Å²) in [6.45, 7) is 2.25. The maximum atomic E-state index is 10.8. The standard InChI is InChI=1S/C17H20N2O4/c1-2-13-11-19(12-13)15-5-3-14(4-6-15)18(9-7-16(20)21)10-8-17(22)23/h1,3-6,13H,7-12H2,(H,20,21)(H,22,23). The topological polar surface area (TPSA) is 81.1 Å². The Balaban J connectivity index is 2.01. The Morgan fingerprint density at radius 1 is 1.13 bits per heavy atom. The van der Waals surface area contributed by atoms with Gasteiger partial charge in [-0.3, -0.25) is 9.59 Å². The van der Waals surface area contributed by atoms with Crippen molar-refractivity contribution < 1.29 is 19.8 Å². The molecule has 1 heterocycles. The summed E-state index contributed by atoms with van der Waals surface area (Å²) in [6.07, 6.45) is 5.31. The molecule has 1 aromatic rings. The maximum absolute atomic E-state index is 10.8. The summed E-state index contributed by atoms with van der Waals surface area (Å²) in [6, 6.07) is 7.69. The number of anilines is 2. The fourth-order valence-corrected chi connectivity index (χ4v) is 2.50. The van der Waals surface area contributed by atoms with Gasteiger partial charge in [-0.05, 0) is 24.3 Å². The van der Waals surface area contributed by atoms with E-state index in [-0.39, 0.29) is 25.9 Å². The molecule has 23 heavy (non-hydrogen) atoms. The van der Waals surface area contributed by atoms with Crippen LogP contribution in [0.1, 0.15) is 12.8 Å². The molecule has 1 saturated heterocycles. The molecule has 6 nitrogen and oxygen atoms in total. The Kier molecular flexibility index (Phi) is 5.47. The molecule has 0 saturated carbocycles. The highest BCUT2D eigenvalue weighted by molar-refractivity contribution is 5.69. The van der Waals surface area contributed by atoms with Crippen LogP contribution in [-0.2, 0) is 9.59 Å². The van der Waals surface area contributed by atoms with E-state index < -0.39 is 11.9 Å². The number of aliphatic carboxylic acids is 2. The number of hydrogen-bond donors (Lipinski definition) is 2. The average molecular weight is 316 g/mol. The minimum absolute atomic E-state index is 0.0304. The predicted octanol–water partition coefficient (Wildman–Crippen LogP) is 1.51. The van der Waals surface area contributed by atoms with Crippen LogP contribution < -0.4 is 9.80 Å². The lowest BCUT2D eigenvalue weighted by atomic mass is 10.0. The Morgan fingerprint density at radius 3 is 2.09 bits per heavy atom. The zero-order chi connectivity index (χ0) is 16.8. The van der Waals surface area contributed by atoms with Gasteiger partial charge < -0.3 is 20.0 Å². The molecule has 0 aliphatic carbocycles. The summed E-state index contributed by atoms with van der Waals surface area (Å²) in [4.78, 5) is 25.5. The van der Waals surface area contributed by atoms with E-state index in [0.717, 1.165) is 24.5 Å². The first kappa shape index (κ1) is 16.7. The first-order valence-electron chi connectivity index (χ1n) is 7.49. The largest absolute Gasteiger partial charge is 0.481 e. The summed E-state index contributed by atoms with van der Waals surface area (Å²) in [5.41, 5.74) is 1.89. The van der Waals surface area contributed by atoms with Gasteiger partial charge in [0.05, 0.1) is 18.8 Å². The summed E-state index contributed by atoms with van der Waals surface area (Å²) < 4.78 is 0. The predicted molar refractivity (Wildman–Crippen MR) is 87.7 cm³/mol. The molecule has 0 bridgehead atoms. The lowest BCUT2D eigenvalue weighted by molar-refractivity contribution is -0.137. The summed E-state index contributed by atoms with van der Waals surface area (Å²) in [5.74, 6) is 1.23. The fourth-order valence-electron chi connectivity index (χ4n) is 2.50. The van der Waals surface area contributed by atoms with Gasteiger partial charge in [-0.25, -0.2) is 0 Å². The van der Waals surface area contributed by atoms with Crippen molar-refractivity contribution >= 4 is 23.3 Å². The quantitative estimate of drug-likeness (QED) is 0.708. The van der Waals surface area contributed by atoms with Gasteiger partial charge in [0.15, 0.2) is 0 Å². The van der Waals surface area contributed by atoms with Crippen molar-refractivity contribution in [2.24, 2.45) is 5.92 Å². The second-order valence-corrected chi connectivity index (χ2v) is 5.56. The molecular weight excluding hydrogens is 296 g/mol. The molecule has 1 aliphatic rings. The molecule has 6 heteroatoms. The smallest absolute Gasteiger partial charge is 0.305 e. The zero-order valence-electron chi connectivity index (χ0n) is 12.8. The molecule has 0 atom stereocenters. The Hall–Kier alpha value is -2.68. The molecule has 1 aromatic carbocycles. The SMILES string of the molecule is C#CC1CN(c2ccc(N(CCC(=O)O)CCC(=O)O)cc2)C1. The molecule has 0 unspecified atom stereocenters. The minimum atomic E-state index is -0.900. The Morgan fingerprint density at radius 2 is 1.65 bits per heavy atom. The van der Waals surface area contributed by atoms with E-state index in [2.05, 4.69) is 10.8 Å². The van der Waals surface area contributed by atoms with Crippen molar-refractivity contribution in [3.8, 4) is 12.3 Å². The van der Waals surface area contributed by atoms with Gasteiger partial charge in [-0.1, -0.05) is 5.92 Å². The van der Waals surface area contributed by atoms with Crippen LogP contribution in [0.15, 0.2) is 24.3 Å². The number of nitrogens with zero attached hydrogens (tertiary/aromatic N) is 2. The van der Waals surface area contributed by atoms with Crippen LogP contribution in [0.2, 0.25) is 0 Å². The third-order valence-corrected chi connectivity index (χ3v) is 3.89. The summed E-state index contributed by atoms with van der Waals surface area (Å²) in [7, 11) is 0. The summed E-state index contributed by atoms with van der Waals surface area (Å²) >= 11 is 0. The van der Waals surface area contributed by atoms with Gasteiger partial charge in [-0.2, -0.15) is 0 Å². The zero-order valence-corrected chi connectivity index (χ0v) is 12.8. The maximum Gasteiger partial charge on any atom is 0.305 e. The highest BCUT2D eigenvalue weighted by Crippen LogP contribution is 2.26. The van der Waals surface area contributed by atoms with E-state index in [9.17, 15) is 9.59 Å². The van der Waals surface area contributed by atoms with Gasteiger partial charge in [0.25, 0.3) is 0 Å². The highest BCUT2D eigenvalue weighted by Gasteiger charge is 2.24. The van der Waals surface area contributed by atoms with Gasteiger partial charge >= 0.3 is 11.9 Å². The number of terminal acetylenes is 1. The lowest BCUT2D eigenvalue weighted by Crippen LogP contribution is -2.45. The number of carboxylic acids is 2. The van der Waals surface area contributed by atoms with E-state index in [1.165, 1.54) is 0 Å². The fraction of sp³-hybridized carbons (Fsp3) is 0.412. The number of benzene rings is 1. The normalized spacial score (nSPS) is 14.0. The Bertz CT molecular complexity index is 582. The van der Waals surface area contributed by atoms with E-state index in [1.54, 1.807) is 4.90 Å². The van der Waals surface area contributed by atoms with Crippen LogP contribution in [0.5, 0.6) is 0 Å². The first-order valence-corrected chi connectivity index (χ1v) is 7.49. The van der Waals surface area contributed by atoms with Crippen LogP contribution in [0.4, 0.5) is 11.4 Å². The van der Waals surface area contributed by atoms with E-state index >= 15 is 0 Å². The first-order chi connectivity index (χ1) is 11.0. The second kappa shape index (κ2) is 7.54. The van der Waals surface area contributed by atoms with Crippen LogP contribution in [-0.4, -0.2) is 48.3 Å². The minimum Gasteiger partial charge on any atom is -0.481 e. The van der Waals surface area contributed by atoms with Crippen LogP contribution in [0.3, 0.4) is 0 Å². The number of carboxylic acid groups (broad SMARTS) is 2. The lowest BCUT2D eigenvalue weighted by Gasteiger charge is -2.38. The third-order valence-electron chi connectivity index (χ3n) is 3.89. The van der Waals surface area contributed by atoms with E-state index in [0.29, 0.717) is 5.92 Å². The van der Waals surface area contributed by atoms with Gasteiger partial charge in [-0.15, -0.1) is 6.42 Å². The second-order valence-electron chi connectivity index (χ2n) is 5.56. The molecule has 1 aliphatic heterocycles. The highest BCUT2D eigenvalue weighted by atomic mass is 16.4. The van der Waals surface area contributed by atoms with E-state index in [4.69, 9.17) is 16.6 Å². The van der Waals surface area contributed by atoms with Crippen molar-refractivity contribution in [2.45, 2.75) is 12.8 Å². The Labute approximate surface area is 135 Å². The molecule has 0 aromatic heterocycles. The summed E-state index contributed by atoms with van der Waals surface area (Å²) in [5, 5.41) is 17.7. The number of carbonyl (C=O) groups is 2. The molecule has 122 valence electrons. The molecule has 2 rings (SSSR count). The van der Waals surface area contributed by atoms with Crippen LogP contribution in [0, 0.1) is 18.3 Å². The van der Waals surface area contributed by atoms with Gasteiger partial charge in [0, 0.05) is 37.6 Å². The molecule has 0 amide bonds. The van der Waals surface area contributed by atoms with Crippen molar-refractivity contribution in [3.63, 3.8) is 0 Å². The van der Waals surface area contributed by atoms with Gasteiger partial charge in [0.1, 0.15) is 0 Å². The average Bonchev–Trinajstić information content (AvgIpc) is 2.47. The van der Waals surface area contributed by atoms with Crippen molar-refractivity contribution in [2.75, 3.05) is 36.0 Å². The molecule has 0 radical (unpaired) electrons. The van der Waals surface area contributed by atoms with Crippen molar-refractivity contribution in [3.05, 3.63) is 24.3 Å².